The second-order valence-corrected chi connectivity index (χ2v) is 4.33. The highest BCUT2D eigenvalue weighted by Gasteiger charge is 2.09. The average Bonchev–Trinajstić information content (AvgIpc) is 2.50. The van der Waals surface area contributed by atoms with Gasteiger partial charge in [0.05, 0.1) is 26.4 Å². The van der Waals surface area contributed by atoms with Gasteiger partial charge in [0.25, 0.3) is 0 Å². The van der Waals surface area contributed by atoms with Crippen LogP contribution in [0.25, 0.3) is 0 Å². The molecule has 114 valence electrons. The number of ether oxygens (including phenoxy) is 4. The lowest BCUT2D eigenvalue weighted by Crippen LogP contribution is -2.17. The van der Waals surface area contributed by atoms with Gasteiger partial charge in [-0.3, -0.25) is 0 Å². The van der Waals surface area contributed by atoms with Crippen LogP contribution < -0.4 is 10.5 Å². The smallest absolute Gasteiger partial charge is 0.118 e. The lowest BCUT2D eigenvalue weighted by molar-refractivity contribution is 0.0261. The van der Waals surface area contributed by atoms with Gasteiger partial charge in [0, 0.05) is 26.9 Å². The first-order valence-corrected chi connectivity index (χ1v) is 6.84. The van der Waals surface area contributed by atoms with E-state index >= 15 is 0 Å². The Bertz CT molecular complexity index is 342. The lowest BCUT2D eigenvalue weighted by atomic mass is 10.1. The van der Waals surface area contributed by atoms with Gasteiger partial charge in [0.2, 0.25) is 0 Å². The van der Waals surface area contributed by atoms with E-state index in [-0.39, 0.29) is 6.10 Å². The van der Waals surface area contributed by atoms with Crippen molar-refractivity contribution < 1.29 is 18.9 Å². The largest absolute Gasteiger partial charge is 0.497 e. The molecule has 0 amide bonds. The van der Waals surface area contributed by atoms with Gasteiger partial charge in [0.1, 0.15) is 5.75 Å². The third kappa shape index (κ3) is 6.34. The molecule has 0 saturated carbocycles. The van der Waals surface area contributed by atoms with Gasteiger partial charge >= 0.3 is 0 Å². The van der Waals surface area contributed by atoms with E-state index in [0.29, 0.717) is 33.0 Å². The number of benzene rings is 1. The second-order valence-electron chi connectivity index (χ2n) is 4.33. The van der Waals surface area contributed by atoms with Crippen LogP contribution in [0.4, 0.5) is 0 Å². The lowest BCUT2D eigenvalue weighted by Gasteiger charge is -2.16. The van der Waals surface area contributed by atoms with Crippen LogP contribution in [0, 0.1) is 0 Å². The molecule has 5 nitrogen and oxygen atoms in total. The fraction of sp³-hybridized carbons (Fsp3) is 0.600. The fourth-order valence-electron chi connectivity index (χ4n) is 1.75. The Hall–Kier alpha value is -1.14. The number of hydrogen-bond acceptors (Lipinski definition) is 5. The zero-order valence-corrected chi connectivity index (χ0v) is 12.3. The summed E-state index contributed by atoms with van der Waals surface area (Å²) in [5, 5.41) is 0. The average molecular weight is 283 g/mol. The Labute approximate surface area is 121 Å². The van der Waals surface area contributed by atoms with Crippen LogP contribution in [0.15, 0.2) is 24.3 Å². The molecule has 0 bridgehead atoms. The zero-order chi connectivity index (χ0) is 14.6. The Morgan fingerprint density at radius 2 is 1.75 bits per heavy atom. The summed E-state index contributed by atoms with van der Waals surface area (Å²) in [4.78, 5) is 0. The summed E-state index contributed by atoms with van der Waals surface area (Å²) < 4.78 is 21.2. The monoisotopic (exact) mass is 283 g/mol. The molecular formula is C15H25NO4. The first-order chi connectivity index (χ1) is 9.81. The minimum absolute atomic E-state index is 0.0834. The molecule has 0 aromatic heterocycles. The maximum atomic E-state index is 5.78. The Balaban J connectivity index is 2.24. The third-order valence-electron chi connectivity index (χ3n) is 2.89. The summed E-state index contributed by atoms with van der Waals surface area (Å²) in [5.74, 6) is 0.830. The molecule has 0 fully saturated rings. The van der Waals surface area contributed by atoms with Gasteiger partial charge in [-0.05, 0) is 24.1 Å². The van der Waals surface area contributed by atoms with Crippen molar-refractivity contribution in [3.63, 3.8) is 0 Å². The molecule has 0 saturated heterocycles. The Kier molecular flexibility index (Phi) is 8.98. The van der Waals surface area contributed by atoms with E-state index < -0.39 is 0 Å². The number of methoxy groups -OCH3 is 2. The number of nitrogens with two attached hydrogens (primary N) is 1. The minimum Gasteiger partial charge on any atom is -0.497 e. The fourth-order valence-corrected chi connectivity index (χ4v) is 1.75. The van der Waals surface area contributed by atoms with E-state index in [9.17, 15) is 0 Å². The number of hydrogen-bond donors (Lipinski definition) is 1. The maximum Gasteiger partial charge on any atom is 0.118 e. The number of rotatable bonds is 11. The molecule has 1 atom stereocenters. The predicted molar refractivity (Wildman–Crippen MR) is 78.1 cm³/mol. The molecule has 5 heteroatoms. The van der Waals surface area contributed by atoms with Crippen LogP contribution in [0.5, 0.6) is 5.75 Å². The summed E-state index contributed by atoms with van der Waals surface area (Å²) in [6.07, 6.45) is 0.760. The van der Waals surface area contributed by atoms with Crippen molar-refractivity contribution >= 4 is 0 Å². The van der Waals surface area contributed by atoms with Crippen LogP contribution in [0.1, 0.15) is 18.1 Å². The zero-order valence-electron chi connectivity index (χ0n) is 12.3. The normalized spacial score (nSPS) is 12.3. The molecule has 0 aliphatic heterocycles. The van der Waals surface area contributed by atoms with Gasteiger partial charge in [-0.25, -0.2) is 0 Å². The predicted octanol–water partition coefficient (Wildman–Crippen LogP) is 1.76. The molecule has 0 aliphatic carbocycles. The molecule has 0 aliphatic rings. The van der Waals surface area contributed by atoms with Crippen molar-refractivity contribution in [2.75, 3.05) is 47.2 Å². The van der Waals surface area contributed by atoms with E-state index in [0.717, 1.165) is 17.7 Å². The molecule has 1 aromatic carbocycles. The second kappa shape index (κ2) is 10.6. The van der Waals surface area contributed by atoms with Crippen molar-refractivity contribution in [1.29, 1.82) is 0 Å². The van der Waals surface area contributed by atoms with Crippen molar-refractivity contribution in [1.82, 2.24) is 0 Å². The first-order valence-electron chi connectivity index (χ1n) is 6.84. The minimum atomic E-state index is -0.0834. The van der Waals surface area contributed by atoms with Gasteiger partial charge in [-0.15, -0.1) is 0 Å². The molecule has 20 heavy (non-hydrogen) atoms. The highest BCUT2D eigenvalue weighted by molar-refractivity contribution is 5.28. The molecule has 0 heterocycles. The molecule has 2 N–H and O–H groups in total. The third-order valence-corrected chi connectivity index (χ3v) is 2.89. The van der Waals surface area contributed by atoms with E-state index in [1.807, 2.05) is 24.3 Å². The van der Waals surface area contributed by atoms with Crippen molar-refractivity contribution in [2.24, 2.45) is 5.73 Å². The topological polar surface area (TPSA) is 62.9 Å². The van der Waals surface area contributed by atoms with E-state index in [2.05, 4.69) is 0 Å². The summed E-state index contributed by atoms with van der Waals surface area (Å²) >= 11 is 0. The highest BCUT2D eigenvalue weighted by Crippen LogP contribution is 2.19. The van der Waals surface area contributed by atoms with Crippen LogP contribution in [-0.2, 0) is 14.2 Å². The van der Waals surface area contributed by atoms with Gasteiger partial charge in [-0.2, -0.15) is 0 Å². The Morgan fingerprint density at radius 1 is 1.00 bits per heavy atom. The first kappa shape index (κ1) is 16.9. The van der Waals surface area contributed by atoms with Crippen LogP contribution >= 0.6 is 0 Å². The molecule has 1 aromatic rings. The highest BCUT2D eigenvalue weighted by atomic mass is 16.5. The quantitative estimate of drug-likeness (QED) is 0.627. The SMILES string of the molecule is COCCOCCCOC(CN)c1ccc(OC)cc1. The van der Waals surface area contributed by atoms with Crippen molar-refractivity contribution in [2.45, 2.75) is 12.5 Å². The molecule has 0 radical (unpaired) electrons. The van der Waals surface area contributed by atoms with Crippen LogP contribution in [-0.4, -0.2) is 47.2 Å². The van der Waals surface area contributed by atoms with Crippen LogP contribution in [0.3, 0.4) is 0 Å². The van der Waals surface area contributed by atoms with Crippen molar-refractivity contribution in [3.8, 4) is 5.75 Å². The summed E-state index contributed by atoms with van der Waals surface area (Å²) in [6.45, 7) is 2.99. The Morgan fingerprint density at radius 3 is 2.35 bits per heavy atom. The van der Waals surface area contributed by atoms with Gasteiger partial charge < -0.3 is 24.7 Å². The van der Waals surface area contributed by atoms with Crippen LogP contribution in [0.2, 0.25) is 0 Å². The van der Waals surface area contributed by atoms with Gasteiger partial charge in [-0.1, -0.05) is 12.1 Å². The summed E-state index contributed by atoms with van der Waals surface area (Å²) in [5.41, 5.74) is 6.82. The summed E-state index contributed by atoms with van der Waals surface area (Å²) in [6, 6.07) is 7.78. The standard InChI is InChI=1S/C15H25NO4/c1-17-10-11-19-8-3-9-20-15(12-16)13-4-6-14(18-2)7-5-13/h4-7,15H,3,8-12,16H2,1-2H3. The molecule has 0 spiro atoms. The molecular weight excluding hydrogens is 258 g/mol. The van der Waals surface area contributed by atoms with E-state index in [1.165, 1.54) is 0 Å². The molecule has 1 rings (SSSR count). The maximum absolute atomic E-state index is 5.78. The van der Waals surface area contributed by atoms with E-state index in [4.69, 9.17) is 24.7 Å². The van der Waals surface area contributed by atoms with Crippen molar-refractivity contribution in [3.05, 3.63) is 29.8 Å². The summed E-state index contributed by atoms with van der Waals surface area (Å²) in [7, 11) is 3.31. The van der Waals surface area contributed by atoms with Gasteiger partial charge in [0.15, 0.2) is 0 Å². The molecule has 1 unspecified atom stereocenters. The van der Waals surface area contributed by atoms with E-state index in [1.54, 1.807) is 14.2 Å².